The summed E-state index contributed by atoms with van der Waals surface area (Å²) in [5, 5.41) is 9.63. The highest BCUT2D eigenvalue weighted by Gasteiger charge is 2.32. The fraction of sp³-hybridized carbons (Fsp3) is 0.174. The van der Waals surface area contributed by atoms with Gasteiger partial charge in [-0.2, -0.15) is 0 Å². The lowest BCUT2D eigenvalue weighted by atomic mass is 10.1. The molecule has 0 aliphatic carbocycles. The molecule has 0 spiro atoms. The summed E-state index contributed by atoms with van der Waals surface area (Å²) in [5.41, 5.74) is 1.06. The van der Waals surface area contributed by atoms with Crippen molar-refractivity contribution in [2.45, 2.75) is 12.5 Å². The van der Waals surface area contributed by atoms with E-state index in [1.807, 2.05) is 6.07 Å². The second-order valence-corrected chi connectivity index (χ2v) is 7.70. The zero-order chi connectivity index (χ0) is 23.8. The maximum atomic E-state index is 13.9. The highest BCUT2D eigenvalue weighted by Crippen LogP contribution is 2.37. The number of benzene rings is 2. The summed E-state index contributed by atoms with van der Waals surface area (Å²) in [5.74, 6) is -2.26. The second kappa shape index (κ2) is 8.50. The van der Waals surface area contributed by atoms with E-state index in [1.165, 1.54) is 11.0 Å². The van der Waals surface area contributed by atoms with Crippen LogP contribution in [0.1, 0.15) is 22.0 Å². The molecule has 0 saturated heterocycles. The fourth-order valence-corrected chi connectivity index (χ4v) is 3.84. The van der Waals surface area contributed by atoms with Crippen LogP contribution < -0.4 is 15.0 Å². The smallest absolute Gasteiger partial charge is 0.291 e. The molecule has 4 aromatic rings. The number of amides is 2. The zero-order valence-electron chi connectivity index (χ0n) is 17.9. The molecule has 0 radical (unpaired) electrons. The zero-order valence-corrected chi connectivity index (χ0v) is 17.9. The minimum atomic E-state index is -1.01. The third kappa shape index (κ3) is 3.81. The molecular formula is C23H18F2N6O3. The number of rotatable bonds is 4. The van der Waals surface area contributed by atoms with Gasteiger partial charge in [0.2, 0.25) is 5.82 Å². The van der Waals surface area contributed by atoms with Gasteiger partial charge in [0, 0.05) is 30.6 Å². The third-order valence-corrected chi connectivity index (χ3v) is 5.54. The van der Waals surface area contributed by atoms with Crippen LogP contribution in [-0.2, 0) is 11.2 Å². The third-order valence-electron chi connectivity index (χ3n) is 5.54. The number of fused-ring (bicyclic) bond motifs is 3. The van der Waals surface area contributed by atoms with Gasteiger partial charge in [0.25, 0.3) is 11.8 Å². The van der Waals surface area contributed by atoms with Crippen molar-refractivity contribution in [1.29, 1.82) is 0 Å². The van der Waals surface area contributed by atoms with Crippen molar-refractivity contribution in [3.05, 3.63) is 77.5 Å². The number of pyridine rings is 1. The van der Waals surface area contributed by atoms with Gasteiger partial charge in [-0.3, -0.25) is 19.7 Å². The number of carbonyl (C=O) groups excluding carboxylic acids is 2. The standard InChI is InChI=1S/C23H18F2N6O3/c1-31-20-12-4-3-9-26-16(12)7-8-18(20)34-11-17(23(31)33)27-22(32)21-28-19(29-30-21)10-13-14(24)5-2-6-15(13)25/h2-9,17H,10-11H2,1H3,(H,27,32)(H,28,29,30)/t17-/m0/s1. The second-order valence-electron chi connectivity index (χ2n) is 7.70. The molecule has 9 nitrogen and oxygen atoms in total. The van der Waals surface area contributed by atoms with Gasteiger partial charge in [-0.25, -0.2) is 13.8 Å². The van der Waals surface area contributed by atoms with Gasteiger partial charge in [0.15, 0.2) is 0 Å². The first-order valence-electron chi connectivity index (χ1n) is 10.4. The molecule has 172 valence electrons. The summed E-state index contributed by atoms with van der Waals surface area (Å²) in [6, 6.07) is 9.62. The molecule has 1 aliphatic rings. The van der Waals surface area contributed by atoms with Crippen molar-refractivity contribution in [1.82, 2.24) is 25.5 Å². The number of halogens is 2. The normalized spacial score (nSPS) is 15.6. The Morgan fingerprint density at radius 1 is 1.21 bits per heavy atom. The lowest BCUT2D eigenvalue weighted by molar-refractivity contribution is -0.120. The van der Waals surface area contributed by atoms with E-state index in [2.05, 4.69) is 25.5 Å². The van der Waals surface area contributed by atoms with Gasteiger partial charge in [0.05, 0.1) is 11.2 Å². The van der Waals surface area contributed by atoms with Gasteiger partial charge in [-0.05, 0) is 36.4 Å². The number of aromatic amines is 1. The van der Waals surface area contributed by atoms with E-state index >= 15 is 0 Å². The van der Waals surface area contributed by atoms with Crippen LogP contribution in [0, 0.1) is 11.6 Å². The predicted octanol–water partition coefficient (Wildman–Crippen LogP) is 2.38. The van der Waals surface area contributed by atoms with Crippen LogP contribution in [0.3, 0.4) is 0 Å². The van der Waals surface area contributed by atoms with Crippen LogP contribution in [0.5, 0.6) is 5.75 Å². The summed E-state index contributed by atoms with van der Waals surface area (Å²) in [7, 11) is 1.59. The number of hydrogen-bond donors (Lipinski definition) is 2. The molecule has 11 heteroatoms. The van der Waals surface area contributed by atoms with Gasteiger partial charge < -0.3 is 15.0 Å². The van der Waals surface area contributed by atoms with E-state index in [0.717, 1.165) is 17.5 Å². The summed E-state index contributed by atoms with van der Waals surface area (Å²) in [6.07, 6.45) is 1.44. The highest BCUT2D eigenvalue weighted by atomic mass is 19.1. The van der Waals surface area contributed by atoms with Gasteiger partial charge in [-0.15, -0.1) is 5.10 Å². The van der Waals surface area contributed by atoms with E-state index in [4.69, 9.17) is 4.74 Å². The van der Waals surface area contributed by atoms with E-state index in [9.17, 15) is 18.4 Å². The van der Waals surface area contributed by atoms with Crippen LogP contribution in [0.4, 0.5) is 14.5 Å². The molecule has 3 heterocycles. The van der Waals surface area contributed by atoms with Crippen molar-refractivity contribution < 1.29 is 23.1 Å². The van der Waals surface area contributed by atoms with Crippen molar-refractivity contribution in [3.63, 3.8) is 0 Å². The summed E-state index contributed by atoms with van der Waals surface area (Å²) in [4.78, 5) is 35.6. The minimum Gasteiger partial charge on any atom is -0.489 e. The first-order valence-corrected chi connectivity index (χ1v) is 10.4. The molecule has 5 rings (SSSR count). The lowest BCUT2D eigenvalue weighted by Crippen LogP contribution is -2.49. The number of H-pyrrole nitrogens is 1. The molecule has 0 saturated carbocycles. The van der Waals surface area contributed by atoms with Crippen LogP contribution in [0.25, 0.3) is 10.9 Å². The summed E-state index contributed by atoms with van der Waals surface area (Å²) in [6.45, 7) is -0.106. The Labute approximate surface area is 191 Å². The van der Waals surface area contributed by atoms with Crippen molar-refractivity contribution in [3.8, 4) is 5.75 Å². The number of ether oxygens (including phenoxy) is 1. The average molecular weight is 464 g/mol. The topological polar surface area (TPSA) is 113 Å². The maximum Gasteiger partial charge on any atom is 0.291 e. The van der Waals surface area contributed by atoms with E-state index in [-0.39, 0.29) is 30.2 Å². The van der Waals surface area contributed by atoms with Gasteiger partial charge in [0.1, 0.15) is 35.9 Å². The molecule has 1 aliphatic heterocycles. The lowest BCUT2D eigenvalue weighted by Gasteiger charge is -2.21. The van der Waals surface area contributed by atoms with Gasteiger partial charge in [-0.1, -0.05) is 6.07 Å². The number of hydrogen-bond acceptors (Lipinski definition) is 6. The highest BCUT2D eigenvalue weighted by molar-refractivity contribution is 6.08. The SMILES string of the molecule is CN1C(=O)[C@@H](NC(=O)c2n[nH]c(Cc3c(F)cccc3F)n2)COc2ccc3ncccc3c21. The van der Waals surface area contributed by atoms with E-state index in [0.29, 0.717) is 17.0 Å². The molecule has 34 heavy (non-hydrogen) atoms. The number of anilines is 1. The van der Waals surface area contributed by atoms with E-state index < -0.39 is 29.5 Å². The molecule has 2 amide bonds. The quantitative estimate of drug-likeness (QED) is 0.480. The molecule has 2 N–H and O–H groups in total. The average Bonchev–Trinajstić information content (AvgIpc) is 3.27. The Bertz CT molecular complexity index is 1400. The largest absolute Gasteiger partial charge is 0.489 e. The predicted molar refractivity (Wildman–Crippen MR) is 117 cm³/mol. The fourth-order valence-electron chi connectivity index (χ4n) is 3.84. The minimum absolute atomic E-state index is 0.0982. The first kappa shape index (κ1) is 21.4. The number of nitrogens with one attached hydrogen (secondary N) is 2. The van der Waals surface area contributed by atoms with Crippen LogP contribution in [0.15, 0.2) is 48.7 Å². The molecule has 0 fully saturated rings. The van der Waals surface area contributed by atoms with Crippen molar-refractivity contribution in [2.75, 3.05) is 18.6 Å². The number of aromatic nitrogens is 4. The molecular weight excluding hydrogens is 446 g/mol. The molecule has 2 aromatic heterocycles. The molecule has 0 unspecified atom stereocenters. The van der Waals surface area contributed by atoms with E-state index in [1.54, 1.807) is 31.4 Å². The van der Waals surface area contributed by atoms with Gasteiger partial charge >= 0.3 is 0 Å². The number of nitrogens with zero attached hydrogens (tertiary/aromatic N) is 4. The molecule has 0 bridgehead atoms. The Balaban J connectivity index is 1.34. The van der Waals surface area contributed by atoms with Crippen LogP contribution in [-0.4, -0.2) is 51.7 Å². The number of likely N-dealkylation sites (N-methyl/N-ethyl adjacent to an activating group) is 1. The number of carbonyl (C=O) groups is 2. The first-order chi connectivity index (χ1) is 16.4. The maximum absolute atomic E-state index is 13.9. The Morgan fingerprint density at radius 3 is 2.79 bits per heavy atom. The van der Waals surface area contributed by atoms with Crippen molar-refractivity contribution in [2.24, 2.45) is 0 Å². The Morgan fingerprint density at radius 2 is 2.00 bits per heavy atom. The summed E-state index contributed by atoms with van der Waals surface area (Å²) >= 11 is 0. The monoisotopic (exact) mass is 464 g/mol. The summed E-state index contributed by atoms with van der Waals surface area (Å²) < 4.78 is 33.6. The Kier molecular flexibility index (Phi) is 5.36. The molecule has 2 aromatic carbocycles. The Hall–Kier alpha value is -4.41. The molecule has 1 atom stereocenters. The van der Waals surface area contributed by atoms with Crippen LogP contribution >= 0.6 is 0 Å². The van der Waals surface area contributed by atoms with Crippen molar-refractivity contribution >= 4 is 28.4 Å². The van der Waals surface area contributed by atoms with Crippen LogP contribution in [0.2, 0.25) is 0 Å².